The van der Waals surface area contributed by atoms with E-state index in [9.17, 15) is 19.5 Å². The molecule has 1 amide bonds. The number of fused-ring (bicyclic) bond motifs is 4. The van der Waals surface area contributed by atoms with E-state index >= 15 is 0 Å². The fraction of sp³-hybridized carbons (Fsp3) is 0.306. The Bertz CT molecular complexity index is 1700. The Balaban J connectivity index is 1.24. The molecule has 8 nitrogen and oxygen atoms in total. The topological polar surface area (TPSA) is 105 Å². The SMILES string of the molecule is CC(C)(C)OC(=O)C1CC(NCc2ccc3ccccc3c2)(C(=O)O)CN1C(=O)OCC1c2ccccc2-c2ccccc21. The summed E-state index contributed by atoms with van der Waals surface area (Å²) >= 11 is 0. The number of amides is 1. The highest BCUT2D eigenvalue weighted by molar-refractivity contribution is 5.89. The summed E-state index contributed by atoms with van der Waals surface area (Å²) in [5.74, 6) is -1.99. The van der Waals surface area contributed by atoms with Crippen molar-refractivity contribution in [3.63, 3.8) is 0 Å². The molecule has 0 spiro atoms. The normalized spacial score (nSPS) is 19.4. The molecule has 1 aliphatic carbocycles. The first-order chi connectivity index (χ1) is 21.0. The van der Waals surface area contributed by atoms with E-state index in [-0.39, 0.29) is 32.0 Å². The molecule has 1 aliphatic heterocycles. The Hall–Kier alpha value is -4.69. The summed E-state index contributed by atoms with van der Waals surface area (Å²) in [5.41, 5.74) is 2.79. The van der Waals surface area contributed by atoms with Gasteiger partial charge in [-0.1, -0.05) is 84.9 Å². The molecule has 4 aromatic rings. The number of likely N-dealkylation sites (tertiary alicyclic amines) is 1. The monoisotopic (exact) mass is 592 g/mol. The lowest BCUT2D eigenvalue weighted by atomic mass is 9.95. The summed E-state index contributed by atoms with van der Waals surface area (Å²) in [6, 6.07) is 28.8. The molecule has 226 valence electrons. The second-order valence-electron chi connectivity index (χ2n) is 12.6. The number of hydrogen-bond donors (Lipinski definition) is 2. The molecule has 1 heterocycles. The van der Waals surface area contributed by atoms with Crippen molar-refractivity contribution in [2.75, 3.05) is 13.2 Å². The van der Waals surface area contributed by atoms with Gasteiger partial charge in [0.25, 0.3) is 0 Å². The fourth-order valence-corrected chi connectivity index (χ4v) is 6.33. The molecule has 44 heavy (non-hydrogen) atoms. The first kappa shape index (κ1) is 29.4. The van der Waals surface area contributed by atoms with E-state index in [0.717, 1.165) is 38.6 Å². The van der Waals surface area contributed by atoms with Gasteiger partial charge in [-0.15, -0.1) is 0 Å². The van der Waals surface area contributed by atoms with Crippen molar-refractivity contribution in [2.24, 2.45) is 0 Å². The molecule has 0 aromatic heterocycles. The van der Waals surface area contributed by atoms with Gasteiger partial charge in [-0.05, 0) is 65.4 Å². The number of carbonyl (C=O) groups excluding carboxylic acids is 2. The number of carboxylic acid groups (broad SMARTS) is 1. The summed E-state index contributed by atoms with van der Waals surface area (Å²) in [6.07, 6.45) is -0.909. The van der Waals surface area contributed by atoms with Gasteiger partial charge in [0.2, 0.25) is 0 Å². The lowest BCUT2D eigenvalue weighted by molar-refractivity contribution is -0.159. The summed E-state index contributed by atoms with van der Waals surface area (Å²) in [7, 11) is 0. The zero-order chi connectivity index (χ0) is 31.1. The van der Waals surface area contributed by atoms with Crippen LogP contribution in [0.3, 0.4) is 0 Å². The summed E-state index contributed by atoms with van der Waals surface area (Å²) in [6.45, 7) is 5.24. The van der Waals surface area contributed by atoms with Crippen molar-refractivity contribution in [2.45, 2.75) is 56.8 Å². The number of carboxylic acids is 1. The van der Waals surface area contributed by atoms with Crippen LogP contribution in [-0.2, 0) is 25.6 Å². The zero-order valence-corrected chi connectivity index (χ0v) is 25.1. The minimum absolute atomic E-state index is 0.0506. The Labute approximate surface area is 256 Å². The van der Waals surface area contributed by atoms with Gasteiger partial charge in [-0.2, -0.15) is 0 Å². The molecule has 1 saturated heterocycles. The quantitative estimate of drug-likeness (QED) is 0.249. The first-order valence-electron chi connectivity index (χ1n) is 14.9. The van der Waals surface area contributed by atoms with E-state index in [4.69, 9.17) is 9.47 Å². The van der Waals surface area contributed by atoms with Crippen molar-refractivity contribution in [3.8, 4) is 11.1 Å². The van der Waals surface area contributed by atoms with Gasteiger partial charge in [0.1, 0.15) is 23.8 Å². The van der Waals surface area contributed by atoms with Crippen molar-refractivity contribution >= 4 is 28.8 Å². The third-order valence-corrected chi connectivity index (χ3v) is 8.46. The Kier molecular flexibility index (Phi) is 7.63. The molecule has 1 fully saturated rings. The van der Waals surface area contributed by atoms with Gasteiger partial charge in [-0.25, -0.2) is 9.59 Å². The van der Waals surface area contributed by atoms with Crippen LogP contribution in [0, 0.1) is 0 Å². The number of rotatable bonds is 7. The number of esters is 1. The summed E-state index contributed by atoms with van der Waals surface area (Å²) in [4.78, 5) is 41.2. The molecule has 2 unspecified atom stereocenters. The highest BCUT2D eigenvalue weighted by atomic mass is 16.6. The third-order valence-electron chi connectivity index (χ3n) is 8.46. The summed E-state index contributed by atoms with van der Waals surface area (Å²) in [5, 5.41) is 15.8. The average molecular weight is 593 g/mol. The third kappa shape index (κ3) is 5.65. The predicted octanol–water partition coefficient (Wildman–Crippen LogP) is 6.12. The molecule has 2 aliphatic rings. The van der Waals surface area contributed by atoms with Gasteiger partial charge >= 0.3 is 18.0 Å². The first-order valence-corrected chi connectivity index (χ1v) is 14.9. The van der Waals surface area contributed by atoms with Crippen LogP contribution in [0.1, 0.15) is 49.8 Å². The van der Waals surface area contributed by atoms with Crippen LogP contribution in [0.25, 0.3) is 21.9 Å². The van der Waals surface area contributed by atoms with E-state index in [1.54, 1.807) is 20.8 Å². The predicted molar refractivity (Wildman–Crippen MR) is 167 cm³/mol. The van der Waals surface area contributed by atoms with E-state index in [1.807, 2.05) is 78.9 Å². The Morgan fingerprint density at radius 3 is 2.14 bits per heavy atom. The van der Waals surface area contributed by atoms with E-state index in [1.165, 1.54) is 4.90 Å². The van der Waals surface area contributed by atoms with Crippen LogP contribution in [0.2, 0.25) is 0 Å². The molecule has 2 atom stereocenters. The molecule has 0 bridgehead atoms. The van der Waals surface area contributed by atoms with Crippen LogP contribution in [0.5, 0.6) is 0 Å². The Morgan fingerprint density at radius 1 is 0.886 bits per heavy atom. The minimum atomic E-state index is -1.58. The van der Waals surface area contributed by atoms with Crippen LogP contribution in [0.15, 0.2) is 91.0 Å². The number of carbonyl (C=O) groups is 3. The molecular formula is C36H36N2O6. The lowest BCUT2D eigenvalue weighted by Crippen LogP contribution is -2.54. The van der Waals surface area contributed by atoms with Crippen LogP contribution < -0.4 is 5.32 Å². The highest BCUT2D eigenvalue weighted by Crippen LogP contribution is 2.44. The molecular weight excluding hydrogens is 556 g/mol. The standard InChI is InChI=1S/C36H36N2O6/c1-35(2,3)44-32(39)31-19-36(33(40)41,37-20-23-16-17-24-10-4-5-11-25(24)18-23)22-38(31)34(42)43-21-30-28-14-8-6-12-26(28)27-13-7-9-15-29(27)30/h4-18,30-31,37H,19-22H2,1-3H3,(H,40,41). The van der Waals surface area contributed by atoms with Crippen LogP contribution in [0.4, 0.5) is 4.79 Å². The maximum absolute atomic E-state index is 13.7. The maximum Gasteiger partial charge on any atom is 0.410 e. The fourth-order valence-electron chi connectivity index (χ4n) is 6.33. The maximum atomic E-state index is 13.7. The smallest absolute Gasteiger partial charge is 0.410 e. The average Bonchev–Trinajstić information content (AvgIpc) is 3.56. The minimum Gasteiger partial charge on any atom is -0.480 e. The van der Waals surface area contributed by atoms with E-state index in [0.29, 0.717) is 0 Å². The Morgan fingerprint density at radius 2 is 1.50 bits per heavy atom. The van der Waals surface area contributed by atoms with Crippen LogP contribution >= 0.6 is 0 Å². The van der Waals surface area contributed by atoms with Crippen molar-refractivity contribution in [1.82, 2.24) is 10.2 Å². The number of aliphatic carboxylic acids is 1. The molecule has 2 N–H and O–H groups in total. The van der Waals surface area contributed by atoms with E-state index < -0.39 is 35.2 Å². The number of hydrogen-bond acceptors (Lipinski definition) is 6. The number of nitrogens with zero attached hydrogens (tertiary/aromatic N) is 1. The second-order valence-corrected chi connectivity index (χ2v) is 12.6. The highest BCUT2D eigenvalue weighted by Gasteiger charge is 2.55. The largest absolute Gasteiger partial charge is 0.480 e. The molecule has 6 rings (SSSR count). The number of benzene rings is 4. The zero-order valence-electron chi connectivity index (χ0n) is 25.1. The summed E-state index contributed by atoms with van der Waals surface area (Å²) < 4.78 is 11.5. The van der Waals surface area contributed by atoms with Gasteiger partial charge in [0, 0.05) is 18.9 Å². The van der Waals surface area contributed by atoms with Gasteiger partial charge in [-0.3, -0.25) is 15.0 Å². The van der Waals surface area contributed by atoms with Gasteiger partial charge in [0.15, 0.2) is 0 Å². The molecule has 4 aromatic carbocycles. The lowest BCUT2D eigenvalue weighted by Gasteiger charge is -2.27. The van der Waals surface area contributed by atoms with E-state index in [2.05, 4.69) is 17.4 Å². The van der Waals surface area contributed by atoms with Crippen molar-refractivity contribution < 1.29 is 29.0 Å². The molecule has 0 saturated carbocycles. The number of nitrogens with one attached hydrogen (secondary N) is 1. The van der Waals surface area contributed by atoms with Crippen molar-refractivity contribution in [3.05, 3.63) is 108 Å². The second kappa shape index (κ2) is 11.4. The van der Waals surface area contributed by atoms with Crippen molar-refractivity contribution in [1.29, 1.82) is 0 Å². The number of ether oxygens (including phenoxy) is 2. The van der Waals surface area contributed by atoms with Gasteiger partial charge in [0.05, 0.1) is 6.54 Å². The molecule has 0 radical (unpaired) electrons. The van der Waals surface area contributed by atoms with Crippen LogP contribution in [-0.4, -0.2) is 58.4 Å². The van der Waals surface area contributed by atoms with Gasteiger partial charge < -0.3 is 14.6 Å². The molecule has 8 heteroatoms.